The summed E-state index contributed by atoms with van der Waals surface area (Å²) >= 11 is 0. The molecule has 2 heterocycles. The van der Waals surface area contributed by atoms with Crippen LogP contribution in [0.1, 0.15) is 29.9 Å². The topological polar surface area (TPSA) is 72.5 Å². The molecule has 146 valence electrons. The molecule has 1 aliphatic heterocycles. The van der Waals surface area contributed by atoms with Gasteiger partial charge in [-0.3, -0.25) is 9.69 Å². The number of aliphatic hydroxyl groups is 1. The first-order valence-electron chi connectivity index (χ1n) is 8.91. The van der Waals surface area contributed by atoms with E-state index in [9.17, 15) is 18.7 Å². The molecule has 1 saturated heterocycles. The summed E-state index contributed by atoms with van der Waals surface area (Å²) < 4.78 is 26.5. The zero-order chi connectivity index (χ0) is 19.6. The number of nitrogens with one attached hydrogen (secondary N) is 1. The first kappa shape index (κ1) is 19.4. The van der Waals surface area contributed by atoms with E-state index in [-0.39, 0.29) is 19.0 Å². The Labute approximate surface area is 156 Å². The average molecular weight is 378 g/mol. The molecule has 27 heavy (non-hydrogen) atoms. The number of rotatable bonds is 6. The van der Waals surface area contributed by atoms with Crippen LogP contribution in [0.2, 0.25) is 0 Å². The maximum Gasteiger partial charge on any atom is 0.256 e. The molecule has 1 amide bonds. The van der Waals surface area contributed by atoms with Gasteiger partial charge in [0.1, 0.15) is 5.82 Å². The van der Waals surface area contributed by atoms with Gasteiger partial charge in [0.15, 0.2) is 17.2 Å². The summed E-state index contributed by atoms with van der Waals surface area (Å²) in [7, 11) is 1.82. The van der Waals surface area contributed by atoms with Crippen LogP contribution in [-0.2, 0) is 17.9 Å². The van der Waals surface area contributed by atoms with Crippen LogP contribution in [0.15, 0.2) is 24.4 Å². The summed E-state index contributed by atoms with van der Waals surface area (Å²) in [6.45, 7) is 3.16. The Morgan fingerprint density at radius 3 is 2.81 bits per heavy atom. The van der Waals surface area contributed by atoms with Crippen molar-refractivity contribution in [1.82, 2.24) is 19.8 Å². The summed E-state index contributed by atoms with van der Waals surface area (Å²) in [5.41, 5.74) is -0.0674. The van der Waals surface area contributed by atoms with Crippen molar-refractivity contribution in [1.29, 1.82) is 0 Å². The molecule has 3 rings (SSSR count). The molecule has 0 spiro atoms. The first-order valence-corrected chi connectivity index (χ1v) is 8.91. The fraction of sp³-hybridized carbons (Fsp3) is 0.474. The minimum Gasteiger partial charge on any atom is -0.379 e. The highest BCUT2D eigenvalue weighted by molar-refractivity contribution is 5.86. The Morgan fingerprint density at radius 2 is 2.15 bits per heavy atom. The molecule has 2 aromatic rings. The van der Waals surface area contributed by atoms with Gasteiger partial charge in [-0.1, -0.05) is 6.07 Å². The molecule has 2 N–H and O–H groups in total. The van der Waals surface area contributed by atoms with Crippen LogP contribution < -0.4 is 0 Å². The number of carbonyl (C=O) groups excluding carboxylic acids is 1. The number of nitrogens with zero attached hydrogens (tertiary/aromatic N) is 3. The highest BCUT2D eigenvalue weighted by Crippen LogP contribution is 2.25. The molecular weight excluding hydrogens is 354 g/mol. The van der Waals surface area contributed by atoms with Crippen molar-refractivity contribution in [2.24, 2.45) is 0 Å². The SMILES string of the molecule is Cc1cnc(CN(C)CC2(O)CCCN(Cc3ccc(F)c(F)c3)C2=O)[nH]1. The number of halogens is 2. The van der Waals surface area contributed by atoms with Crippen LogP contribution in [-0.4, -0.2) is 56.5 Å². The van der Waals surface area contributed by atoms with E-state index < -0.39 is 17.2 Å². The molecule has 1 aliphatic rings. The number of H-pyrrole nitrogens is 1. The molecule has 1 aromatic heterocycles. The number of piperidine rings is 1. The highest BCUT2D eigenvalue weighted by Gasteiger charge is 2.42. The Bertz CT molecular complexity index is 826. The van der Waals surface area contributed by atoms with Crippen LogP contribution >= 0.6 is 0 Å². The maximum absolute atomic E-state index is 13.4. The fourth-order valence-corrected chi connectivity index (χ4v) is 3.53. The van der Waals surface area contributed by atoms with E-state index in [1.807, 2.05) is 18.9 Å². The van der Waals surface area contributed by atoms with Crippen LogP contribution in [0.25, 0.3) is 0 Å². The first-order chi connectivity index (χ1) is 12.8. The predicted molar refractivity (Wildman–Crippen MR) is 95.6 cm³/mol. The van der Waals surface area contributed by atoms with Crippen molar-refractivity contribution >= 4 is 5.91 Å². The lowest BCUT2D eigenvalue weighted by Crippen LogP contribution is -2.57. The number of aryl methyl sites for hydroxylation is 1. The normalized spacial score (nSPS) is 20.5. The maximum atomic E-state index is 13.4. The second-order valence-electron chi connectivity index (χ2n) is 7.30. The van der Waals surface area contributed by atoms with E-state index >= 15 is 0 Å². The Kier molecular flexibility index (Phi) is 5.57. The van der Waals surface area contributed by atoms with E-state index in [4.69, 9.17) is 0 Å². The Hall–Kier alpha value is -2.32. The zero-order valence-corrected chi connectivity index (χ0v) is 15.5. The number of aromatic amines is 1. The van der Waals surface area contributed by atoms with Gasteiger partial charge in [0.05, 0.1) is 6.54 Å². The molecule has 1 fully saturated rings. The Morgan fingerprint density at radius 1 is 1.37 bits per heavy atom. The lowest BCUT2D eigenvalue weighted by molar-refractivity contribution is -0.160. The monoisotopic (exact) mass is 378 g/mol. The molecule has 0 aliphatic carbocycles. The quantitative estimate of drug-likeness (QED) is 0.806. The molecular formula is C19H24F2N4O2. The van der Waals surface area contributed by atoms with Gasteiger partial charge < -0.3 is 15.0 Å². The van der Waals surface area contributed by atoms with E-state index in [0.29, 0.717) is 31.5 Å². The van der Waals surface area contributed by atoms with Crippen molar-refractivity contribution in [3.63, 3.8) is 0 Å². The second-order valence-corrected chi connectivity index (χ2v) is 7.30. The number of likely N-dealkylation sites (tertiary alicyclic amines) is 1. The number of likely N-dealkylation sites (N-methyl/N-ethyl adjacent to an activating group) is 1. The number of imidazole rings is 1. The standard InChI is InChI=1S/C19H24F2N4O2/c1-13-9-22-17(23-13)11-24(2)12-19(27)6-3-7-25(18(19)26)10-14-4-5-15(20)16(21)8-14/h4-5,8-9,27H,3,6-7,10-12H2,1-2H3,(H,22,23). The smallest absolute Gasteiger partial charge is 0.256 e. The van der Waals surface area contributed by atoms with E-state index in [1.165, 1.54) is 11.0 Å². The lowest BCUT2D eigenvalue weighted by atomic mass is 9.91. The highest BCUT2D eigenvalue weighted by atomic mass is 19.2. The van der Waals surface area contributed by atoms with Gasteiger partial charge in [-0.2, -0.15) is 0 Å². The second kappa shape index (κ2) is 7.74. The minimum absolute atomic E-state index is 0.138. The third-order valence-corrected chi connectivity index (χ3v) is 4.77. The largest absolute Gasteiger partial charge is 0.379 e. The fourth-order valence-electron chi connectivity index (χ4n) is 3.53. The minimum atomic E-state index is -1.51. The summed E-state index contributed by atoms with van der Waals surface area (Å²) in [6, 6.07) is 3.58. The van der Waals surface area contributed by atoms with Gasteiger partial charge in [-0.05, 0) is 44.5 Å². The third kappa shape index (κ3) is 4.51. The van der Waals surface area contributed by atoms with Crippen LogP contribution in [0.5, 0.6) is 0 Å². The van der Waals surface area contributed by atoms with E-state index in [0.717, 1.165) is 23.7 Å². The van der Waals surface area contributed by atoms with Gasteiger partial charge in [-0.15, -0.1) is 0 Å². The van der Waals surface area contributed by atoms with Gasteiger partial charge in [-0.25, -0.2) is 13.8 Å². The number of aromatic nitrogens is 2. The predicted octanol–water partition coefficient (Wildman–Crippen LogP) is 1.98. The molecule has 8 heteroatoms. The summed E-state index contributed by atoms with van der Waals surface area (Å²) in [6.07, 6.45) is 2.73. The number of carbonyl (C=O) groups is 1. The van der Waals surface area contributed by atoms with E-state index in [1.54, 1.807) is 6.20 Å². The molecule has 0 saturated carbocycles. The number of benzene rings is 1. The third-order valence-electron chi connectivity index (χ3n) is 4.77. The Balaban J connectivity index is 1.66. The van der Waals surface area contributed by atoms with Crippen LogP contribution in [0.3, 0.4) is 0 Å². The zero-order valence-electron chi connectivity index (χ0n) is 15.5. The van der Waals surface area contributed by atoms with Gasteiger partial charge in [0, 0.05) is 31.5 Å². The van der Waals surface area contributed by atoms with Crippen molar-refractivity contribution < 1.29 is 18.7 Å². The van der Waals surface area contributed by atoms with Crippen molar-refractivity contribution in [3.8, 4) is 0 Å². The molecule has 0 bridgehead atoms. The van der Waals surface area contributed by atoms with Gasteiger partial charge >= 0.3 is 0 Å². The van der Waals surface area contributed by atoms with Crippen LogP contribution in [0, 0.1) is 18.6 Å². The molecule has 6 nitrogen and oxygen atoms in total. The summed E-state index contributed by atoms with van der Waals surface area (Å²) in [4.78, 5) is 23.6. The molecule has 1 aromatic carbocycles. The van der Waals surface area contributed by atoms with Crippen molar-refractivity contribution in [2.45, 2.75) is 38.5 Å². The average Bonchev–Trinajstić information content (AvgIpc) is 3.00. The van der Waals surface area contributed by atoms with Crippen molar-refractivity contribution in [2.75, 3.05) is 20.1 Å². The van der Waals surface area contributed by atoms with Gasteiger partial charge in [0.2, 0.25) is 0 Å². The lowest BCUT2D eigenvalue weighted by Gasteiger charge is -2.40. The summed E-state index contributed by atoms with van der Waals surface area (Å²) in [5.74, 6) is -1.49. The number of amides is 1. The molecule has 0 radical (unpaired) electrons. The molecule has 1 unspecified atom stereocenters. The summed E-state index contributed by atoms with van der Waals surface area (Å²) in [5, 5.41) is 10.9. The van der Waals surface area contributed by atoms with Crippen molar-refractivity contribution in [3.05, 3.63) is 53.1 Å². The number of hydrogen-bond acceptors (Lipinski definition) is 4. The molecule has 1 atom stereocenters. The number of hydrogen-bond donors (Lipinski definition) is 2. The van der Waals surface area contributed by atoms with Crippen LogP contribution in [0.4, 0.5) is 8.78 Å². The van der Waals surface area contributed by atoms with E-state index in [2.05, 4.69) is 9.97 Å². The van der Waals surface area contributed by atoms with Gasteiger partial charge in [0.25, 0.3) is 5.91 Å².